The van der Waals surface area contributed by atoms with Crippen molar-refractivity contribution in [3.63, 3.8) is 0 Å². The Bertz CT molecular complexity index is 1520. The van der Waals surface area contributed by atoms with Gasteiger partial charge in [0.25, 0.3) is 0 Å². The Labute approximate surface area is 257 Å². The summed E-state index contributed by atoms with van der Waals surface area (Å²) in [5.41, 5.74) is 1.81. The van der Waals surface area contributed by atoms with Crippen LogP contribution in [0.5, 0.6) is 5.75 Å². The van der Waals surface area contributed by atoms with Gasteiger partial charge in [-0.3, -0.25) is 14.6 Å². The highest BCUT2D eigenvalue weighted by atomic mass is 16.6. The lowest BCUT2D eigenvalue weighted by Gasteiger charge is -2.45. The molecule has 3 aromatic rings. The van der Waals surface area contributed by atoms with Crippen molar-refractivity contribution in [2.24, 2.45) is 0 Å². The first-order valence-corrected chi connectivity index (χ1v) is 14.6. The second kappa shape index (κ2) is 13.3. The summed E-state index contributed by atoms with van der Waals surface area (Å²) >= 11 is 0. The number of hydrogen-bond donors (Lipinski definition) is 2. The van der Waals surface area contributed by atoms with Gasteiger partial charge in [-0.2, -0.15) is 5.01 Å². The largest absolute Gasteiger partial charge is 0.412 e. The van der Waals surface area contributed by atoms with Crippen LogP contribution in [0.15, 0.2) is 66.7 Å². The molecule has 0 radical (unpaired) electrons. The van der Waals surface area contributed by atoms with E-state index in [-0.39, 0.29) is 37.4 Å². The van der Waals surface area contributed by atoms with Crippen molar-refractivity contribution < 1.29 is 23.9 Å². The number of carbonyl (C=O) groups is 4. The Balaban J connectivity index is 1.38. The Morgan fingerprint density at radius 3 is 2.43 bits per heavy atom. The van der Waals surface area contributed by atoms with Crippen molar-refractivity contribution in [1.82, 2.24) is 35.4 Å². The molecule has 44 heavy (non-hydrogen) atoms. The lowest BCUT2D eigenvalue weighted by Crippen LogP contribution is -2.65. The molecule has 0 spiro atoms. The maximum absolute atomic E-state index is 14.1. The third-order valence-electron chi connectivity index (χ3n) is 8.09. The first-order valence-electron chi connectivity index (χ1n) is 14.6. The zero-order valence-corrected chi connectivity index (χ0v) is 25.5. The number of hydrogen-bond acceptors (Lipinski definition) is 7. The summed E-state index contributed by atoms with van der Waals surface area (Å²) in [7, 11) is 6.99. The Morgan fingerprint density at radius 1 is 0.977 bits per heavy atom. The maximum Gasteiger partial charge on any atom is 0.412 e. The molecule has 0 aliphatic carbocycles. The molecule has 12 heteroatoms. The summed E-state index contributed by atoms with van der Waals surface area (Å²) in [6.45, 7) is 1.74. The number of benzene rings is 3. The zero-order valence-electron chi connectivity index (χ0n) is 25.5. The smallest absolute Gasteiger partial charge is 0.410 e. The van der Waals surface area contributed by atoms with Crippen LogP contribution in [0.3, 0.4) is 0 Å². The van der Waals surface area contributed by atoms with Gasteiger partial charge in [0.05, 0.1) is 13.1 Å². The van der Waals surface area contributed by atoms with Crippen molar-refractivity contribution in [3.05, 3.63) is 77.9 Å². The predicted octanol–water partition coefficient (Wildman–Crippen LogP) is 2.10. The van der Waals surface area contributed by atoms with Crippen molar-refractivity contribution in [2.45, 2.75) is 25.2 Å². The highest BCUT2D eigenvalue weighted by Crippen LogP contribution is 2.31. The van der Waals surface area contributed by atoms with Crippen molar-refractivity contribution in [2.75, 3.05) is 54.4 Å². The quantitative estimate of drug-likeness (QED) is 0.386. The van der Waals surface area contributed by atoms with Crippen molar-refractivity contribution in [1.29, 1.82) is 0 Å². The lowest BCUT2D eigenvalue weighted by atomic mass is 9.99. The van der Waals surface area contributed by atoms with E-state index < -0.39 is 18.3 Å². The standard InChI is InChI=1S/C32H39N7O5/c1-33-31(42)36(4)38-21-29(40)39-27(18-22-12-14-25(15-13-22)44-32(43)34-16-17-35(2)3)30(41)37(20-28(38)39)19-24-10-7-9-23-8-5-6-11-26(23)24/h5-15,27-28H,16-21H2,1-4H3,(H,33,42)(H,34,43)/t27-,28+/m0/s1. The first kappa shape index (κ1) is 30.8. The SMILES string of the molecule is CNC(=O)N(C)N1CC(=O)N2[C@@H](Cc3ccc(OC(=O)NCCN(C)C)cc3)C(=O)N(Cc3cccc4ccccc34)C[C@@H]21. The van der Waals surface area contributed by atoms with Crippen LogP contribution in [-0.2, 0) is 22.6 Å². The van der Waals surface area contributed by atoms with Crippen LogP contribution < -0.4 is 15.4 Å². The van der Waals surface area contributed by atoms with Crippen LogP contribution in [0.1, 0.15) is 11.1 Å². The number of fused-ring (bicyclic) bond motifs is 2. The Hall–Kier alpha value is -4.68. The van der Waals surface area contributed by atoms with Gasteiger partial charge in [0, 0.05) is 40.2 Å². The fraction of sp³-hybridized carbons (Fsp3) is 0.375. The van der Waals surface area contributed by atoms with Gasteiger partial charge in [-0.25, -0.2) is 9.59 Å². The number of rotatable bonds is 9. The molecule has 232 valence electrons. The molecule has 2 aliphatic rings. The highest BCUT2D eigenvalue weighted by molar-refractivity contribution is 5.92. The van der Waals surface area contributed by atoms with Gasteiger partial charge in [0.1, 0.15) is 18.0 Å². The normalized spacial score (nSPS) is 18.5. The van der Waals surface area contributed by atoms with E-state index in [0.29, 0.717) is 25.4 Å². The third-order valence-corrected chi connectivity index (χ3v) is 8.09. The van der Waals surface area contributed by atoms with Gasteiger partial charge >= 0.3 is 12.1 Å². The van der Waals surface area contributed by atoms with Crippen molar-refractivity contribution >= 4 is 34.7 Å². The monoisotopic (exact) mass is 601 g/mol. The average molecular weight is 602 g/mol. The zero-order chi connectivity index (χ0) is 31.4. The molecule has 5 amide bonds. The molecule has 3 aromatic carbocycles. The molecule has 0 unspecified atom stereocenters. The van der Waals surface area contributed by atoms with Gasteiger partial charge in [0.2, 0.25) is 11.8 Å². The van der Waals surface area contributed by atoms with Crippen LogP contribution in [0.2, 0.25) is 0 Å². The van der Waals surface area contributed by atoms with Gasteiger partial charge in [-0.15, -0.1) is 0 Å². The number of ether oxygens (including phenoxy) is 1. The summed E-state index contributed by atoms with van der Waals surface area (Å²) < 4.78 is 5.38. The number of piperazine rings is 1. The van der Waals surface area contributed by atoms with E-state index in [1.165, 1.54) is 12.1 Å². The summed E-state index contributed by atoms with van der Waals surface area (Å²) in [4.78, 5) is 57.6. The van der Waals surface area contributed by atoms with Crippen LogP contribution in [0.25, 0.3) is 10.8 Å². The number of carbonyl (C=O) groups excluding carboxylic acids is 4. The maximum atomic E-state index is 14.1. The molecule has 5 rings (SSSR count). The average Bonchev–Trinajstić information content (AvgIpc) is 3.34. The van der Waals surface area contributed by atoms with E-state index >= 15 is 0 Å². The summed E-state index contributed by atoms with van der Waals surface area (Å²) in [5, 5.41) is 10.6. The van der Waals surface area contributed by atoms with E-state index in [9.17, 15) is 19.2 Å². The highest BCUT2D eigenvalue weighted by Gasteiger charge is 2.51. The topological polar surface area (TPSA) is 118 Å². The second-order valence-electron chi connectivity index (χ2n) is 11.3. The molecule has 2 saturated heterocycles. The summed E-state index contributed by atoms with van der Waals surface area (Å²) in [5.74, 6) is -0.00648. The molecule has 2 atom stereocenters. The number of amides is 5. The second-order valence-corrected chi connectivity index (χ2v) is 11.3. The van der Waals surface area contributed by atoms with Crippen LogP contribution in [-0.4, -0.2) is 115 Å². The van der Waals surface area contributed by atoms with E-state index in [1.807, 2.05) is 61.5 Å². The Kier molecular flexibility index (Phi) is 9.31. The molecule has 2 heterocycles. The van der Waals surface area contributed by atoms with E-state index in [4.69, 9.17) is 4.74 Å². The van der Waals surface area contributed by atoms with Crippen LogP contribution >= 0.6 is 0 Å². The molecule has 12 nitrogen and oxygen atoms in total. The van der Waals surface area contributed by atoms with Gasteiger partial charge < -0.3 is 30.1 Å². The molecule has 2 fully saturated rings. The van der Waals surface area contributed by atoms with Gasteiger partial charge in [-0.1, -0.05) is 54.6 Å². The third kappa shape index (κ3) is 6.61. The van der Waals surface area contributed by atoms with Crippen molar-refractivity contribution in [3.8, 4) is 5.75 Å². The molecular formula is C32H39N7O5. The fourth-order valence-corrected chi connectivity index (χ4v) is 5.81. The molecule has 2 N–H and O–H groups in total. The van der Waals surface area contributed by atoms with Crippen LogP contribution in [0.4, 0.5) is 9.59 Å². The molecule has 0 bridgehead atoms. The Morgan fingerprint density at radius 2 is 1.70 bits per heavy atom. The number of urea groups is 1. The van der Waals surface area contributed by atoms with E-state index in [1.54, 1.807) is 46.1 Å². The minimum Gasteiger partial charge on any atom is -0.410 e. The minimum absolute atomic E-state index is 0.0177. The number of nitrogens with zero attached hydrogens (tertiary/aromatic N) is 5. The minimum atomic E-state index is -0.777. The number of nitrogens with one attached hydrogen (secondary N) is 2. The van der Waals surface area contributed by atoms with E-state index in [0.717, 1.165) is 21.9 Å². The summed E-state index contributed by atoms with van der Waals surface area (Å²) in [6, 6.07) is 19.9. The molecule has 2 aliphatic heterocycles. The molecule has 0 saturated carbocycles. The van der Waals surface area contributed by atoms with Crippen LogP contribution in [0, 0.1) is 0 Å². The lowest BCUT2D eigenvalue weighted by molar-refractivity contribution is -0.157. The molecule has 0 aromatic heterocycles. The fourth-order valence-electron chi connectivity index (χ4n) is 5.81. The van der Waals surface area contributed by atoms with Gasteiger partial charge in [0.15, 0.2) is 0 Å². The number of likely N-dealkylation sites (N-methyl/N-ethyl adjacent to an activating group) is 1. The predicted molar refractivity (Wildman–Crippen MR) is 165 cm³/mol. The molecular weight excluding hydrogens is 562 g/mol. The number of hydrazine groups is 1. The first-order chi connectivity index (χ1) is 21.2. The van der Waals surface area contributed by atoms with Gasteiger partial charge in [-0.05, 0) is 48.1 Å². The van der Waals surface area contributed by atoms with E-state index in [2.05, 4.69) is 10.6 Å². The summed E-state index contributed by atoms with van der Waals surface area (Å²) in [6.07, 6.45) is -0.798.